The van der Waals surface area contributed by atoms with Gasteiger partial charge in [0.25, 0.3) is 0 Å². The van der Waals surface area contributed by atoms with Crippen LogP contribution in [0.4, 0.5) is 0 Å². The summed E-state index contributed by atoms with van der Waals surface area (Å²) in [4.78, 5) is 9.07. The molecular formula is C23H27N3O2. The maximum absolute atomic E-state index is 11.2. The lowest BCUT2D eigenvalue weighted by Gasteiger charge is -2.43. The fourth-order valence-electron chi connectivity index (χ4n) is 4.55. The Morgan fingerprint density at radius 1 is 1.25 bits per heavy atom. The molecule has 2 heterocycles. The Labute approximate surface area is 165 Å². The number of aliphatic imine (C=N–C) groups is 1. The molecule has 3 aromatic rings. The summed E-state index contributed by atoms with van der Waals surface area (Å²) in [6.45, 7) is 0. The van der Waals surface area contributed by atoms with Crippen LogP contribution in [0, 0.1) is 0 Å². The van der Waals surface area contributed by atoms with Crippen LogP contribution in [0.25, 0.3) is 5.65 Å². The maximum atomic E-state index is 11.2. The molecule has 1 aliphatic carbocycles. The van der Waals surface area contributed by atoms with Crippen molar-refractivity contribution in [2.75, 3.05) is 14.2 Å². The topological polar surface area (TPSA) is 59.1 Å². The van der Waals surface area contributed by atoms with Gasteiger partial charge >= 0.3 is 0 Å². The fraction of sp³-hybridized carbons (Fsp3) is 0.391. The Morgan fingerprint density at radius 2 is 2.07 bits per heavy atom. The molecule has 2 unspecified atom stereocenters. The number of rotatable bonds is 5. The number of methoxy groups -OCH3 is 1. The SMILES string of the molecule is CN=C(Cc1ccc(OC)cc1)C1(c2ccc3nccn3c2)CCCCC1O. The average molecular weight is 377 g/mol. The van der Waals surface area contributed by atoms with Crippen LogP contribution in [0.15, 0.2) is 60.0 Å². The highest BCUT2D eigenvalue weighted by Gasteiger charge is 2.45. The van der Waals surface area contributed by atoms with Gasteiger partial charge in [0.1, 0.15) is 11.4 Å². The first-order chi connectivity index (χ1) is 13.7. The lowest BCUT2D eigenvalue weighted by atomic mass is 9.63. The zero-order chi connectivity index (χ0) is 19.6. The van der Waals surface area contributed by atoms with Crippen molar-refractivity contribution >= 4 is 11.4 Å². The van der Waals surface area contributed by atoms with Crippen LogP contribution in [0.1, 0.15) is 36.8 Å². The predicted molar refractivity (Wildman–Crippen MR) is 111 cm³/mol. The Bertz CT molecular complexity index is 977. The van der Waals surface area contributed by atoms with E-state index in [2.05, 4.69) is 29.4 Å². The van der Waals surface area contributed by atoms with E-state index in [-0.39, 0.29) is 0 Å². The Kier molecular flexibility index (Phi) is 5.18. The smallest absolute Gasteiger partial charge is 0.136 e. The van der Waals surface area contributed by atoms with E-state index >= 15 is 0 Å². The van der Waals surface area contributed by atoms with Crippen LogP contribution in [0.2, 0.25) is 0 Å². The first-order valence-corrected chi connectivity index (χ1v) is 9.87. The van der Waals surface area contributed by atoms with Crippen LogP contribution >= 0.6 is 0 Å². The van der Waals surface area contributed by atoms with Crippen molar-refractivity contribution in [3.63, 3.8) is 0 Å². The van der Waals surface area contributed by atoms with Crippen molar-refractivity contribution in [3.8, 4) is 5.75 Å². The van der Waals surface area contributed by atoms with Gasteiger partial charge in [-0.1, -0.05) is 31.0 Å². The van der Waals surface area contributed by atoms with E-state index in [1.165, 1.54) is 5.56 Å². The second-order valence-electron chi connectivity index (χ2n) is 7.54. The van der Waals surface area contributed by atoms with E-state index in [0.717, 1.165) is 48.4 Å². The standard InChI is InChI=1S/C23H27N3O2/c1-24-20(15-17-6-9-19(28-2)10-7-17)23(12-4-3-5-21(23)27)18-8-11-22-25-13-14-26(22)16-18/h6-11,13-14,16,21,27H,3-5,12,15H2,1-2H3. The van der Waals surface area contributed by atoms with Crippen molar-refractivity contribution in [1.29, 1.82) is 0 Å². The third-order valence-corrected chi connectivity index (χ3v) is 6.09. The number of ether oxygens (including phenoxy) is 1. The minimum atomic E-state index is -0.467. The van der Waals surface area contributed by atoms with Crippen LogP contribution in [0.5, 0.6) is 5.75 Å². The third-order valence-electron chi connectivity index (χ3n) is 6.09. The highest BCUT2D eigenvalue weighted by Crippen LogP contribution is 2.42. The van der Waals surface area contributed by atoms with Gasteiger partial charge in [-0.2, -0.15) is 0 Å². The highest BCUT2D eigenvalue weighted by atomic mass is 16.5. The lowest BCUT2D eigenvalue weighted by Crippen LogP contribution is -2.49. The van der Waals surface area contributed by atoms with Crippen molar-refractivity contribution in [1.82, 2.24) is 9.38 Å². The zero-order valence-electron chi connectivity index (χ0n) is 16.5. The molecule has 1 aliphatic rings. The molecular weight excluding hydrogens is 350 g/mol. The molecule has 5 nitrogen and oxygen atoms in total. The van der Waals surface area contributed by atoms with Gasteiger partial charge in [0.15, 0.2) is 0 Å². The molecule has 0 saturated heterocycles. The van der Waals surface area contributed by atoms with E-state index in [1.54, 1.807) is 13.3 Å². The molecule has 2 atom stereocenters. The Morgan fingerprint density at radius 3 is 2.79 bits per heavy atom. The molecule has 2 aromatic heterocycles. The summed E-state index contributed by atoms with van der Waals surface area (Å²) in [5, 5.41) is 11.2. The van der Waals surface area contributed by atoms with E-state index in [1.807, 2.05) is 35.8 Å². The highest BCUT2D eigenvalue weighted by molar-refractivity contribution is 5.97. The van der Waals surface area contributed by atoms with Gasteiger partial charge in [-0.25, -0.2) is 4.98 Å². The summed E-state index contributed by atoms with van der Waals surface area (Å²) < 4.78 is 7.30. The van der Waals surface area contributed by atoms with Crippen molar-refractivity contribution in [3.05, 3.63) is 66.1 Å². The Hall–Kier alpha value is -2.66. The van der Waals surface area contributed by atoms with Gasteiger partial charge in [-0.15, -0.1) is 0 Å². The molecule has 5 heteroatoms. The van der Waals surface area contributed by atoms with E-state index in [9.17, 15) is 5.11 Å². The molecule has 0 bridgehead atoms. The number of benzene rings is 1. The molecule has 1 aromatic carbocycles. The molecule has 28 heavy (non-hydrogen) atoms. The summed E-state index contributed by atoms with van der Waals surface area (Å²) in [5.74, 6) is 0.844. The lowest BCUT2D eigenvalue weighted by molar-refractivity contribution is 0.0769. The fourth-order valence-corrected chi connectivity index (χ4v) is 4.55. The average Bonchev–Trinajstić information content (AvgIpc) is 3.21. The van der Waals surface area contributed by atoms with Gasteiger partial charge in [0, 0.05) is 37.8 Å². The van der Waals surface area contributed by atoms with Crippen LogP contribution < -0.4 is 4.74 Å². The number of nitrogens with zero attached hydrogens (tertiary/aromatic N) is 3. The molecule has 0 amide bonds. The van der Waals surface area contributed by atoms with Crippen molar-refractivity contribution in [2.24, 2.45) is 4.99 Å². The predicted octanol–water partition coefficient (Wildman–Crippen LogP) is 3.83. The molecule has 4 rings (SSSR count). The summed E-state index contributed by atoms with van der Waals surface area (Å²) in [6.07, 6.45) is 9.95. The molecule has 1 N–H and O–H groups in total. The van der Waals surface area contributed by atoms with Gasteiger partial charge in [-0.3, -0.25) is 4.99 Å². The number of fused-ring (bicyclic) bond motifs is 1. The van der Waals surface area contributed by atoms with Crippen LogP contribution in [-0.2, 0) is 11.8 Å². The van der Waals surface area contributed by atoms with E-state index in [0.29, 0.717) is 6.42 Å². The number of pyridine rings is 1. The molecule has 0 spiro atoms. The van der Waals surface area contributed by atoms with Crippen molar-refractivity contribution in [2.45, 2.75) is 43.6 Å². The summed E-state index contributed by atoms with van der Waals surface area (Å²) in [5.41, 5.74) is 3.76. The quantitative estimate of drug-likeness (QED) is 0.688. The number of imidazole rings is 1. The molecule has 0 aliphatic heterocycles. The van der Waals surface area contributed by atoms with Gasteiger partial charge in [0.2, 0.25) is 0 Å². The summed E-state index contributed by atoms with van der Waals surface area (Å²) in [6, 6.07) is 12.2. The maximum Gasteiger partial charge on any atom is 0.136 e. The second-order valence-corrected chi connectivity index (χ2v) is 7.54. The van der Waals surface area contributed by atoms with Gasteiger partial charge in [0.05, 0.1) is 18.6 Å². The zero-order valence-corrected chi connectivity index (χ0v) is 16.5. The normalized spacial score (nSPS) is 23.1. The van der Waals surface area contributed by atoms with Crippen molar-refractivity contribution < 1.29 is 9.84 Å². The number of aromatic nitrogens is 2. The number of aliphatic hydroxyl groups is 1. The first kappa shape index (κ1) is 18.7. The third kappa shape index (κ3) is 3.20. The summed E-state index contributed by atoms with van der Waals surface area (Å²) in [7, 11) is 3.52. The number of hydrogen-bond donors (Lipinski definition) is 1. The minimum Gasteiger partial charge on any atom is -0.497 e. The first-order valence-electron chi connectivity index (χ1n) is 9.87. The molecule has 0 radical (unpaired) electrons. The minimum absolute atomic E-state index is 0.445. The van der Waals surface area contributed by atoms with Crippen LogP contribution in [0.3, 0.4) is 0 Å². The molecule has 146 valence electrons. The molecule has 1 fully saturated rings. The summed E-state index contributed by atoms with van der Waals surface area (Å²) >= 11 is 0. The van der Waals surface area contributed by atoms with E-state index < -0.39 is 11.5 Å². The van der Waals surface area contributed by atoms with Gasteiger partial charge in [-0.05, 0) is 42.2 Å². The number of hydrogen-bond acceptors (Lipinski definition) is 4. The second kappa shape index (κ2) is 7.76. The molecule has 1 saturated carbocycles. The van der Waals surface area contributed by atoms with Gasteiger partial charge < -0.3 is 14.2 Å². The Balaban J connectivity index is 1.77. The monoisotopic (exact) mass is 377 g/mol. The largest absolute Gasteiger partial charge is 0.497 e. The number of aliphatic hydroxyl groups excluding tert-OH is 1. The van der Waals surface area contributed by atoms with E-state index in [4.69, 9.17) is 9.73 Å². The van der Waals surface area contributed by atoms with Crippen LogP contribution in [-0.4, -0.2) is 40.5 Å².